The van der Waals surface area contributed by atoms with E-state index in [-0.39, 0.29) is 6.10 Å². The Kier molecular flexibility index (Phi) is 7.55. The summed E-state index contributed by atoms with van der Waals surface area (Å²) in [4.78, 5) is 23.8. The molecule has 2 fully saturated rings. The molecule has 0 amide bonds. The lowest BCUT2D eigenvalue weighted by Crippen LogP contribution is -2.35. The summed E-state index contributed by atoms with van der Waals surface area (Å²) in [6.07, 6.45) is 14.2. The van der Waals surface area contributed by atoms with Gasteiger partial charge in [0.1, 0.15) is 6.04 Å². The number of ether oxygens (including phenoxy) is 1. The molecule has 1 saturated carbocycles. The number of aromatic nitrogens is 2. The Morgan fingerprint density at radius 2 is 2.00 bits per heavy atom. The van der Waals surface area contributed by atoms with Gasteiger partial charge >= 0.3 is 5.97 Å². The SMILES string of the molecule is O=C(O)[C@H](c1cccnc1C1CCC1)N1CC[C@@H](OCCCCc2ccc3c(n2)CCCC3)C1. The highest BCUT2D eigenvalue weighted by molar-refractivity contribution is 5.76. The van der Waals surface area contributed by atoms with Crippen LogP contribution in [0.2, 0.25) is 0 Å². The number of hydrogen-bond acceptors (Lipinski definition) is 5. The number of pyridine rings is 2. The van der Waals surface area contributed by atoms with Gasteiger partial charge in [-0.15, -0.1) is 0 Å². The molecular weight excluding hydrogens is 426 g/mol. The third kappa shape index (κ3) is 5.33. The summed E-state index contributed by atoms with van der Waals surface area (Å²) in [5.41, 5.74) is 5.82. The summed E-state index contributed by atoms with van der Waals surface area (Å²) < 4.78 is 6.17. The fraction of sp³-hybridized carbons (Fsp3) is 0.607. The topological polar surface area (TPSA) is 75.5 Å². The minimum absolute atomic E-state index is 0.104. The van der Waals surface area contributed by atoms with Crippen LogP contribution < -0.4 is 0 Å². The molecule has 0 unspecified atom stereocenters. The number of carboxylic acid groups (broad SMARTS) is 1. The van der Waals surface area contributed by atoms with Gasteiger partial charge in [0.2, 0.25) is 0 Å². The molecule has 0 aromatic carbocycles. The molecular formula is C28H37N3O3. The van der Waals surface area contributed by atoms with Crippen LogP contribution in [0.4, 0.5) is 0 Å². The molecule has 1 aliphatic heterocycles. The van der Waals surface area contributed by atoms with Crippen molar-refractivity contribution in [3.63, 3.8) is 0 Å². The van der Waals surface area contributed by atoms with Gasteiger partial charge in [-0.2, -0.15) is 0 Å². The number of carbonyl (C=O) groups is 1. The van der Waals surface area contributed by atoms with Gasteiger partial charge in [0.15, 0.2) is 0 Å². The first-order valence-electron chi connectivity index (χ1n) is 13.2. The first-order chi connectivity index (χ1) is 16.7. The molecule has 2 aromatic heterocycles. The van der Waals surface area contributed by atoms with E-state index in [1.54, 1.807) is 6.20 Å². The summed E-state index contributed by atoms with van der Waals surface area (Å²) >= 11 is 0. The van der Waals surface area contributed by atoms with Crippen LogP contribution in [-0.4, -0.2) is 51.7 Å². The van der Waals surface area contributed by atoms with E-state index in [1.165, 1.54) is 42.6 Å². The molecule has 2 atom stereocenters. The fourth-order valence-electron chi connectivity index (χ4n) is 5.72. The summed E-state index contributed by atoms with van der Waals surface area (Å²) in [5, 5.41) is 10.1. The molecule has 2 aromatic rings. The van der Waals surface area contributed by atoms with Crippen molar-refractivity contribution in [2.24, 2.45) is 0 Å². The zero-order valence-electron chi connectivity index (χ0n) is 20.1. The maximum atomic E-state index is 12.3. The number of aryl methyl sites for hydroxylation is 3. The number of likely N-dealkylation sites (tertiary alicyclic amines) is 1. The second-order valence-corrected chi connectivity index (χ2v) is 10.2. The molecule has 0 radical (unpaired) electrons. The van der Waals surface area contributed by atoms with Gasteiger partial charge < -0.3 is 9.84 Å². The number of unbranched alkanes of at least 4 members (excludes halogenated alkanes) is 1. The Morgan fingerprint density at radius 1 is 1.12 bits per heavy atom. The molecule has 3 aliphatic rings. The predicted molar refractivity (Wildman–Crippen MR) is 131 cm³/mol. The van der Waals surface area contributed by atoms with Gasteiger partial charge in [-0.3, -0.25) is 19.7 Å². The van der Waals surface area contributed by atoms with Crippen molar-refractivity contribution >= 4 is 5.97 Å². The van der Waals surface area contributed by atoms with E-state index < -0.39 is 12.0 Å². The van der Waals surface area contributed by atoms with Crippen LogP contribution in [0.15, 0.2) is 30.5 Å². The van der Waals surface area contributed by atoms with Gasteiger partial charge in [0, 0.05) is 54.5 Å². The van der Waals surface area contributed by atoms with Crippen molar-refractivity contribution < 1.29 is 14.6 Å². The Bertz CT molecular complexity index is 991. The van der Waals surface area contributed by atoms with E-state index in [0.717, 1.165) is 69.4 Å². The van der Waals surface area contributed by atoms with Crippen molar-refractivity contribution in [3.05, 3.63) is 58.7 Å². The summed E-state index contributed by atoms with van der Waals surface area (Å²) in [6.45, 7) is 2.14. The average Bonchev–Trinajstić information content (AvgIpc) is 3.27. The van der Waals surface area contributed by atoms with E-state index in [9.17, 15) is 9.90 Å². The third-order valence-corrected chi connectivity index (χ3v) is 7.85. The second-order valence-electron chi connectivity index (χ2n) is 10.2. The normalized spacial score (nSPS) is 21.7. The highest BCUT2D eigenvalue weighted by Gasteiger charge is 2.37. The lowest BCUT2D eigenvalue weighted by Gasteiger charge is -2.31. The maximum Gasteiger partial charge on any atom is 0.325 e. The van der Waals surface area contributed by atoms with Crippen molar-refractivity contribution in [2.45, 2.75) is 88.7 Å². The third-order valence-electron chi connectivity index (χ3n) is 7.85. The Labute approximate surface area is 202 Å². The molecule has 0 bridgehead atoms. The van der Waals surface area contributed by atoms with E-state index in [0.29, 0.717) is 12.5 Å². The molecule has 5 rings (SSSR count). The molecule has 34 heavy (non-hydrogen) atoms. The van der Waals surface area contributed by atoms with Crippen LogP contribution in [0.3, 0.4) is 0 Å². The van der Waals surface area contributed by atoms with Crippen molar-refractivity contribution in [1.82, 2.24) is 14.9 Å². The van der Waals surface area contributed by atoms with E-state index in [4.69, 9.17) is 9.72 Å². The van der Waals surface area contributed by atoms with E-state index >= 15 is 0 Å². The Hall–Kier alpha value is -2.31. The first kappa shape index (κ1) is 23.4. The van der Waals surface area contributed by atoms with Gasteiger partial charge in [0.25, 0.3) is 0 Å². The Balaban J connectivity index is 1.09. The lowest BCUT2D eigenvalue weighted by atomic mass is 9.80. The monoisotopic (exact) mass is 463 g/mol. The second kappa shape index (κ2) is 11.0. The van der Waals surface area contributed by atoms with Crippen molar-refractivity contribution in [2.75, 3.05) is 19.7 Å². The minimum atomic E-state index is -0.785. The smallest absolute Gasteiger partial charge is 0.325 e. The molecule has 0 spiro atoms. The first-order valence-corrected chi connectivity index (χ1v) is 13.2. The van der Waals surface area contributed by atoms with Crippen LogP contribution in [0.25, 0.3) is 0 Å². The van der Waals surface area contributed by atoms with Crippen molar-refractivity contribution in [3.8, 4) is 0 Å². The molecule has 6 nitrogen and oxygen atoms in total. The molecule has 6 heteroatoms. The highest BCUT2D eigenvalue weighted by atomic mass is 16.5. The molecule has 182 valence electrons. The zero-order valence-corrected chi connectivity index (χ0v) is 20.1. The number of carboxylic acids is 1. The maximum absolute atomic E-state index is 12.3. The lowest BCUT2D eigenvalue weighted by molar-refractivity contribution is -0.143. The van der Waals surface area contributed by atoms with Gasteiger partial charge in [-0.25, -0.2) is 0 Å². The molecule has 1 saturated heterocycles. The highest BCUT2D eigenvalue weighted by Crippen LogP contribution is 2.40. The summed E-state index contributed by atoms with van der Waals surface area (Å²) in [7, 11) is 0. The van der Waals surface area contributed by atoms with Gasteiger partial charge in [-0.05, 0) is 81.9 Å². The predicted octanol–water partition coefficient (Wildman–Crippen LogP) is 4.86. The number of nitrogens with zero attached hydrogens (tertiary/aromatic N) is 3. The zero-order chi connectivity index (χ0) is 23.3. The minimum Gasteiger partial charge on any atom is -0.480 e. The Morgan fingerprint density at radius 3 is 2.82 bits per heavy atom. The molecule has 1 N–H and O–H groups in total. The molecule has 3 heterocycles. The fourth-order valence-corrected chi connectivity index (χ4v) is 5.72. The van der Waals surface area contributed by atoms with Crippen LogP contribution >= 0.6 is 0 Å². The standard InChI is InChI=1S/C28H37N3O3/c32-28(33)27(24-11-6-16-29-26(24)21-8-5-9-21)31-17-15-23(19-31)34-18-4-3-10-22-14-13-20-7-1-2-12-25(20)30-22/h6,11,13-14,16,21,23,27H,1-5,7-10,12,15,17-19H2,(H,32,33)/t23-,27+/m1/s1. The number of rotatable bonds is 10. The summed E-state index contributed by atoms with van der Waals surface area (Å²) in [5.74, 6) is -0.371. The van der Waals surface area contributed by atoms with Crippen LogP contribution in [0, 0.1) is 0 Å². The van der Waals surface area contributed by atoms with Gasteiger partial charge in [-0.1, -0.05) is 18.6 Å². The number of hydrogen-bond donors (Lipinski definition) is 1. The number of aliphatic carboxylic acids is 1. The average molecular weight is 464 g/mol. The molecule has 2 aliphatic carbocycles. The van der Waals surface area contributed by atoms with E-state index in [1.807, 2.05) is 12.1 Å². The van der Waals surface area contributed by atoms with Gasteiger partial charge in [0.05, 0.1) is 6.10 Å². The largest absolute Gasteiger partial charge is 0.480 e. The number of fused-ring (bicyclic) bond motifs is 1. The quantitative estimate of drug-likeness (QED) is 0.507. The summed E-state index contributed by atoms with van der Waals surface area (Å²) in [6, 6.07) is 7.67. The van der Waals surface area contributed by atoms with Crippen molar-refractivity contribution in [1.29, 1.82) is 0 Å². The van der Waals surface area contributed by atoms with E-state index in [2.05, 4.69) is 22.0 Å². The van der Waals surface area contributed by atoms with Crippen LogP contribution in [-0.2, 0) is 28.8 Å². The van der Waals surface area contributed by atoms with Crippen LogP contribution in [0.5, 0.6) is 0 Å². The van der Waals surface area contributed by atoms with Crippen LogP contribution in [0.1, 0.15) is 91.5 Å².